The highest BCUT2D eigenvalue weighted by Crippen LogP contribution is 2.40. The molecule has 1 aromatic rings. The first-order valence-electron chi connectivity index (χ1n) is 8.91. The molecular formula is C19H27N2O2+. The predicted molar refractivity (Wildman–Crippen MR) is 89.1 cm³/mol. The third-order valence-electron chi connectivity index (χ3n) is 6.45. The predicted octanol–water partition coefficient (Wildman–Crippen LogP) is 3.13. The van der Waals surface area contributed by atoms with Gasteiger partial charge in [0.1, 0.15) is 5.60 Å². The van der Waals surface area contributed by atoms with Crippen LogP contribution in [-0.4, -0.2) is 54.3 Å². The fourth-order valence-corrected chi connectivity index (χ4v) is 4.55. The maximum atomic E-state index is 12.8. The van der Waals surface area contributed by atoms with Crippen LogP contribution in [0.25, 0.3) is 0 Å². The first-order chi connectivity index (χ1) is 11.0. The lowest BCUT2D eigenvalue weighted by atomic mass is 9.81. The SMILES string of the molecule is CC1c2ccccc2CCN1C(=O)OC12CC[N+](C)(CC1)CC2. The summed E-state index contributed by atoms with van der Waals surface area (Å²) in [5.41, 5.74) is 2.44. The van der Waals surface area contributed by atoms with Gasteiger partial charge in [-0.25, -0.2) is 4.79 Å². The van der Waals surface area contributed by atoms with Crippen molar-refractivity contribution in [3.05, 3.63) is 35.4 Å². The molecule has 1 unspecified atom stereocenters. The van der Waals surface area contributed by atoms with Crippen molar-refractivity contribution in [1.82, 2.24) is 4.90 Å². The van der Waals surface area contributed by atoms with Crippen LogP contribution < -0.4 is 0 Å². The molecule has 0 aliphatic carbocycles. The molecule has 124 valence electrons. The molecule has 0 radical (unpaired) electrons. The average molecular weight is 315 g/mol. The molecular weight excluding hydrogens is 288 g/mol. The van der Waals surface area contributed by atoms with Crippen LogP contribution in [0.2, 0.25) is 0 Å². The lowest BCUT2D eigenvalue weighted by Crippen LogP contribution is -2.63. The summed E-state index contributed by atoms with van der Waals surface area (Å²) in [6, 6.07) is 8.56. The van der Waals surface area contributed by atoms with Gasteiger partial charge in [0.05, 0.1) is 32.7 Å². The number of ether oxygens (including phenoxy) is 1. The van der Waals surface area contributed by atoms with E-state index in [9.17, 15) is 4.79 Å². The van der Waals surface area contributed by atoms with Gasteiger partial charge >= 0.3 is 6.09 Å². The van der Waals surface area contributed by atoms with Crippen molar-refractivity contribution in [2.45, 2.75) is 44.2 Å². The van der Waals surface area contributed by atoms with E-state index in [1.807, 2.05) is 4.90 Å². The van der Waals surface area contributed by atoms with Crippen molar-refractivity contribution in [2.24, 2.45) is 0 Å². The topological polar surface area (TPSA) is 29.5 Å². The molecule has 4 heterocycles. The molecule has 0 aromatic heterocycles. The van der Waals surface area contributed by atoms with Crippen LogP contribution in [0.15, 0.2) is 24.3 Å². The van der Waals surface area contributed by atoms with Gasteiger partial charge in [-0.2, -0.15) is 0 Å². The van der Waals surface area contributed by atoms with Crippen molar-refractivity contribution in [3.63, 3.8) is 0 Å². The number of carbonyl (C=O) groups excluding carboxylic acids is 1. The summed E-state index contributed by atoms with van der Waals surface area (Å²) in [5, 5.41) is 0. The zero-order valence-corrected chi connectivity index (χ0v) is 14.3. The Morgan fingerprint density at radius 1 is 1.22 bits per heavy atom. The Hall–Kier alpha value is -1.55. The van der Waals surface area contributed by atoms with Gasteiger partial charge in [0.15, 0.2) is 0 Å². The lowest BCUT2D eigenvalue weighted by molar-refractivity contribution is -0.926. The molecule has 0 saturated carbocycles. The van der Waals surface area contributed by atoms with E-state index in [-0.39, 0.29) is 17.7 Å². The Morgan fingerprint density at radius 2 is 1.87 bits per heavy atom. The van der Waals surface area contributed by atoms with Crippen molar-refractivity contribution in [3.8, 4) is 0 Å². The van der Waals surface area contributed by atoms with Crippen molar-refractivity contribution in [1.29, 1.82) is 0 Å². The standard InChI is InChI=1S/C19H27N2O2/c1-15-17-6-4-3-5-16(17)7-11-20(15)18(22)23-19-8-12-21(2,13-9-19)14-10-19/h3-6,15H,7-14H2,1-2H3/q+1. The van der Waals surface area contributed by atoms with Crippen LogP contribution in [0.1, 0.15) is 43.4 Å². The largest absolute Gasteiger partial charge is 0.442 e. The van der Waals surface area contributed by atoms with E-state index >= 15 is 0 Å². The summed E-state index contributed by atoms with van der Waals surface area (Å²) in [5.74, 6) is 0. The molecule has 2 bridgehead atoms. The average Bonchev–Trinajstić information content (AvgIpc) is 2.57. The van der Waals surface area contributed by atoms with E-state index in [1.165, 1.54) is 11.1 Å². The van der Waals surface area contributed by atoms with Gasteiger partial charge < -0.3 is 14.1 Å². The van der Waals surface area contributed by atoms with Crippen LogP contribution in [0.4, 0.5) is 4.79 Å². The second kappa shape index (κ2) is 5.23. The van der Waals surface area contributed by atoms with E-state index in [1.54, 1.807) is 0 Å². The summed E-state index contributed by atoms with van der Waals surface area (Å²) in [4.78, 5) is 14.8. The Balaban J connectivity index is 1.48. The van der Waals surface area contributed by atoms with Crippen molar-refractivity contribution < 1.29 is 14.0 Å². The quantitative estimate of drug-likeness (QED) is 0.745. The third kappa shape index (κ3) is 2.53. The fraction of sp³-hybridized carbons (Fsp3) is 0.632. The number of hydrogen-bond donors (Lipinski definition) is 0. The highest BCUT2D eigenvalue weighted by molar-refractivity contribution is 5.69. The monoisotopic (exact) mass is 315 g/mol. The summed E-state index contributed by atoms with van der Waals surface area (Å²) in [7, 11) is 2.33. The molecule has 23 heavy (non-hydrogen) atoms. The summed E-state index contributed by atoms with van der Waals surface area (Å²) < 4.78 is 7.27. The Kier molecular flexibility index (Phi) is 3.41. The number of piperidine rings is 3. The number of rotatable bonds is 1. The fourth-order valence-electron chi connectivity index (χ4n) is 4.55. The molecule has 4 heteroatoms. The molecule has 1 amide bonds. The van der Waals surface area contributed by atoms with Gasteiger partial charge in [-0.05, 0) is 24.5 Å². The first kappa shape index (κ1) is 15.0. The molecule has 3 saturated heterocycles. The van der Waals surface area contributed by atoms with Gasteiger partial charge in [-0.15, -0.1) is 0 Å². The van der Waals surface area contributed by atoms with Crippen molar-refractivity contribution >= 4 is 6.09 Å². The molecule has 1 atom stereocenters. The minimum Gasteiger partial charge on any atom is -0.442 e. The molecule has 3 fully saturated rings. The van der Waals surface area contributed by atoms with Crippen LogP contribution in [0.3, 0.4) is 0 Å². The van der Waals surface area contributed by atoms with Gasteiger partial charge in [0.2, 0.25) is 0 Å². The molecule has 4 aliphatic heterocycles. The minimum absolute atomic E-state index is 0.106. The molecule has 5 rings (SSSR count). The van der Waals surface area contributed by atoms with Crippen LogP contribution in [-0.2, 0) is 11.2 Å². The minimum atomic E-state index is -0.191. The van der Waals surface area contributed by atoms with Crippen LogP contribution in [0, 0.1) is 0 Å². The zero-order valence-electron chi connectivity index (χ0n) is 14.3. The van der Waals surface area contributed by atoms with Gasteiger partial charge in [0, 0.05) is 25.8 Å². The molecule has 0 spiro atoms. The van der Waals surface area contributed by atoms with Gasteiger partial charge in [-0.3, -0.25) is 0 Å². The van der Waals surface area contributed by atoms with Crippen LogP contribution >= 0.6 is 0 Å². The lowest BCUT2D eigenvalue weighted by Gasteiger charge is -2.52. The number of quaternary nitrogens is 1. The number of fused-ring (bicyclic) bond motifs is 4. The first-order valence-corrected chi connectivity index (χ1v) is 8.91. The second-order valence-corrected chi connectivity index (χ2v) is 7.91. The maximum absolute atomic E-state index is 12.8. The van der Waals surface area contributed by atoms with E-state index in [0.29, 0.717) is 0 Å². The summed E-state index contributed by atoms with van der Waals surface area (Å²) in [6.07, 6.45) is 3.89. The number of benzene rings is 1. The number of carbonyl (C=O) groups is 1. The zero-order chi connectivity index (χ0) is 16.1. The summed E-state index contributed by atoms with van der Waals surface area (Å²) in [6.45, 7) is 6.32. The van der Waals surface area contributed by atoms with Crippen LogP contribution in [0.5, 0.6) is 0 Å². The van der Waals surface area contributed by atoms with Gasteiger partial charge in [0.25, 0.3) is 0 Å². The van der Waals surface area contributed by atoms with E-state index in [4.69, 9.17) is 4.74 Å². The van der Waals surface area contributed by atoms with E-state index < -0.39 is 0 Å². The Labute approximate surface area is 138 Å². The highest BCUT2D eigenvalue weighted by atomic mass is 16.6. The number of amides is 1. The normalized spacial score (nSPS) is 35.7. The second-order valence-electron chi connectivity index (χ2n) is 7.91. The Morgan fingerprint density at radius 3 is 2.57 bits per heavy atom. The summed E-state index contributed by atoms with van der Waals surface area (Å²) >= 11 is 0. The molecule has 0 N–H and O–H groups in total. The van der Waals surface area contributed by atoms with Gasteiger partial charge in [-0.1, -0.05) is 24.3 Å². The number of nitrogens with zero attached hydrogens (tertiary/aromatic N) is 2. The van der Waals surface area contributed by atoms with Crippen molar-refractivity contribution in [2.75, 3.05) is 33.2 Å². The number of hydrogen-bond acceptors (Lipinski definition) is 2. The molecule has 4 aliphatic rings. The smallest absolute Gasteiger partial charge is 0.410 e. The van der Waals surface area contributed by atoms with E-state index in [2.05, 4.69) is 38.2 Å². The molecule has 4 nitrogen and oxygen atoms in total. The Bertz CT molecular complexity index is 603. The highest BCUT2D eigenvalue weighted by Gasteiger charge is 2.50. The van der Waals surface area contributed by atoms with E-state index in [0.717, 1.165) is 56.3 Å². The maximum Gasteiger partial charge on any atom is 0.410 e. The molecule has 1 aromatic carbocycles. The third-order valence-corrected chi connectivity index (χ3v) is 6.45.